The van der Waals surface area contributed by atoms with Gasteiger partial charge in [-0.2, -0.15) is 0 Å². The van der Waals surface area contributed by atoms with Crippen LogP contribution in [0, 0.1) is 4.77 Å². The molecule has 0 radical (unpaired) electrons. The summed E-state index contributed by atoms with van der Waals surface area (Å²) < 4.78 is 2.71. The van der Waals surface area contributed by atoms with Gasteiger partial charge in [0.2, 0.25) is 0 Å². The molecule has 1 saturated heterocycles. The molecule has 0 aromatic carbocycles. The molecule has 0 spiro atoms. The van der Waals surface area contributed by atoms with Gasteiger partial charge in [-0.15, -0.1) is 0 Å². The van der Waals surface area contributed by atoms with Gasteiger partial charge in [0.05, 0.1) is 0 Å². The summed E-state index contributed by atoms with van der Waals surface area (Å²) in [4.78, 5) is 22.2. The van der Waals surface area contributed by atoms with Crippen molar-refractivity contribution in [1.82, 2.24) is 14.5 Å². The average molecular weight is 296 g/mol. The summed E-state index contributed by atoms with van der Waals surface area (Å²) in [5, 5.41) is 0.936. The van der Waals surface area contributed by atoms with Crippen molar-refractivity contribution in [2.75, 3.05) is 18.0 Å². The molecule has 0 atom stereocenters. The Morgan fingerprint density at radius 2 is 2.11 bits per heavy atom. The topological polar surface area (TPSA) is 53.9 Å². The molecule has 0 unspecified atom stereocenters. The number of aromatic nitrogens is 3. The fourth-order valence-electron chi connectivity index (χ4n) is 2.43. The number of hydrogen-bond acceptors (Lipinski definition) is 5. The minimum atomic E-state index is -0.0259. The summed E-state index contributed by atoms with van der Waals surface area (Å²) in [6.45, 7) is 4.57. The molecule has 1 aliphatic rings. The van der Waals surface area contributed by atoms with E-state index in [2.05, 4.69) is 14.9 Å². The van der Waals surface area contributed by atoms with Crippen molar-refractivity contribution < 1.29 is 0 Å². The number of piperidine rings is 1. The number of rotatable bonds is 2. The summed E-state index contributed by atoms with van der Waals surface area (Å²) in [5.41, 5.74) is 0.604. The Kier molecular flexibility index (Phi) is 3.40. The number of nitrogens with one attached hydrogen (secondary N) is 1. The molecule has 1 aliphatic heterocycles. The van der Waals surface area contributed by atoms with Crippen molar-refractivity contribution >= 4 is 39.0 Å². The van der Waals surface area contributed by atoms with Gasteiger partial charge >= 0.3 is 0 Å². The van der Waals surface area contributed by atoms with Crippen LogP contribution < -0.4 is 10.5 Å². The Hall–Kier alpha value is -1.21. The maximum Gasteiger partial charge on any atom is 0.274 e. The SMILES string of the molecule is CCn1c(=S)[nH]c2nc(N3CCCCC3)sc2c1=O. The first kappa shape index (κ1) is 12.8. The molecule has 102 valence electrons. The van der Waals surface area contributed by atoms with Crippen molar-refractivity contribution in [1.29, 1.82) is 0 Å². The molecule has 0 saturated carbocycles. The molecule has 3 heterocycles. The van der Waals surface area contributed by atoms with E-state index in [0.29, 0.717) is 21.7 Å². The molecule has 2 aromatic heterocycles. The molecular formula is C12H16N4OS2. The van der Waals surface area contributed by atoms with E-state index in [0.717, 1.165) is 18.2 Å². The number of anilines is 1. The van der Waals surface area contributed by atoms with E-state index in [9.17, 15) is 4.79 Å². The van der Waals surface area contributed by atoms with Gasteiger partial charge in [-0.05, 0) is 38.4 Å². The molecule has 0 aliphatic carbocycles. The molecule has 2 aromatic rings. The number of nitrogens with zero attached hydrogens (tertiary/aromatic N) is 3. The van der Waals surface area contributed by atoms with E-state index in [1.54, 1.807) is 4.57 Å². The molecule has 0 bridgehead atoms. The van der Waals surface area contributed by atoms with Gasteiger partial charge in [0, 0.05) is 19.6 Å². The van der Waals surface area contributed by atoms with Crippen LogP contribution in [0.25, 0.3) is 10.3 Å². The highest BCUT2D eigenvalue weighted by molar-refractivity contribution is 7.71. The predicted octanol–water partition coefficient (Wildman–Crippen LogP) is 2.53. The third kappa shape index (κ3) is 2.21. The normalized spacial score (nSPS) is 16.2. The quantitative estimate of drug-likeness (QED) is 0.865. The summed E-state index contributed by atoms with van der Waals surface area (Å²) in [7, 11) is 0. The van der Waals surface area contributed by atoms with E-state index in [-0.39, 0.29) is 5.56 Å². The summed E-state index contributed by atoms with van der Waals surface area (Å²) in [6, 6.07) is 0. The fourth-order valence-corrected chi connectivity index (χ4v) is 3.76. The first-order valence-electron chi connectivity index (χ1n) is 6.59. The smallest absolute Gasteiger partial charge is 0.274 e. The van der Waals surface area contributed by atoms with E-state index in [1.807, 2.05) is 6.92 Å². The lowest BCUT2D eigenvalue weighted by Crippen LogP contribution is -2.29. The zero-order chi connectivity index (χ0) is 13.4. The van der Waals surface area contributed by atoms with Crippen molar-refractivity contribution in [3.05, 3.63) is 15.1 Å². The molecular weight excluding hydrogens is 280 g/mol. The highest BCUT2D eigenvalue weighted by Crippen LogP contribution is 2.27. The van der Waals surface area contributed by atoms with Crippen LogP contribution in [0.4, 0.5) is 5.13 Å². The second-order valence-electron chi connectivity index (χ2n) is 4.70. The largest absolute Gasteiger partial charge is 0.348 e. The summed E-state index contributed by atoms with van der Waals surface area (Å²) >= 11 is 6.66. The van der Waals surface area contributed by atoms with Crippen LogP contribution in [-0.4, -0.2) is 27.6 Å². The fraction of sp³-hybridized carbons (Fsp3) is 0.583. The van der Waals surface area contributed by atoms with Gasteiger partial charge < -0.3 is 9.88 Å². The number of fused-ring (bicyclic) bond motifs is 1. The van der Waals surface area contributed by atoms with Gasteiger partial charge in [0.25, 0.3) is 5.56 Å². The number of H-pyrrole nitrogens is 1. The van der Waals surface area contributed by atoms with Crippen LogP contribution in [-0.2, 0) is 6.54 Å². The van der Waals surface area contributed by atoms with Crippen LogP contribution in [0.3, 0.4) is 0 Å². The maximum absolute atomic E-state index is 12.3. The lowest BCUT2D eigenvalue weighted by atomic mass is 10.1. The predicted molar refractivity (Wildman–Crippen MR) is 80.8 cm³/mol. The molecule has 5 nitrogen and oxygen atoms in total. The third-order valence-corrected chi connectivity index (χ3v) is 4.90. The van der Waals surface area contributed by atoms with Crippen LogP contribution >= 0.6 is 23.6 Å². The first-order valence-corrected chi connectivity index (χ1v) is 7.82. The van der Waals surface area contributed by atoms with Gasteiger partial charge in [0.15, 0.2) is 15.5 Å². The minimum Gasteiger partial charge on any atom is -0.348 e. The second kappa shape index (κ2) is 5.05. The monoisotopic (exact) mass is 296 g/mol. The number of aromatic amines is 1. The Morgan fingerprint density at radius 1 is 1.37 bits per heavy atom. The average Bonchev–Trinajstić information content (AvgIpc) is 2.84. The van der Waals surface area contributed by atoms with Crippen LogP contribution in [0.1, 0.15) is 26.2 Å². The molecule has 1 fully saturated rings. The zero-order valence-electron chi connectivity index (χ0n) is 10.8. The maximum atomic E-state index is 12.3. The highest BCUT2D eigenvalue weighted by Gasteiger charge is 2.17. The van der Waals surface area contributed by atoms with Crippen LogP contribution in [0.5, 0.6) is 0 Å². The lowest BCUT2D eigenvalue weighted by molar-refractivity contribution is 0.577. The Bertz CT molecular complexity index is 709. The molecule has 1 N–H and O–H groups in total. The number of thiazole rings is 1. The second-order valence-corrected chi connectivity index (χ2v) is 6.07. The molecule has 0 amide bonds. The van der Waals surface area contributed by atoms with Crippen LogP contribution in [0.15, 0.2) is 4.79 Å². The van der Waals surface area contributed by atoms with E-state index in [1.165, 1.54) is 30.6 Å². The van der Waals surface area contributed by atoms with Crippen molar-refractivity contribution in [3.8, 4) is 0 Å². The van der Waals surface area contributed by atoms with Crippen molar-refractivity contribution in [2.24, 2.45) is 0 Å². The Labute approximate surface area is 119 Å². The lowest BCUT2D eigenvalue weighted by Gasteiger charge is -2.25. The molecule has 19 heavy (non-hydrogen) atoms. The van der Waals surface area contributed by atoms with E-state index in [4.69, 9.17) is 12.2 Å². The molecule has 3 rings (SSSR count). The van der Waals surface area contributed by atoms with Crippen molar-refractivity contribution in [3.63, 3.8) is 0 Å². The highest BCUT2D eigenvalue weighted by atomic mass is 32.1. The van der Waals surface area contributed by atoms with Gasteiger partial charge in [-0.1, -0.05) is 11.3 Å². The van der Waals surface area contributed by atoms with Gasteiger partial charge in [0.1, 0.15) is 4.70 Å². The molecule has 7 heteroatoms. The Morgan fingerprint density at radius 3 is 2.79 bits per heavy atom. The van der Waals surface area contributed by atoms with Gasteiger partial charge in [-0.25, -0.2) is 4.98 Å². The summed E-state index contributed by atoms with van der Waals surface area (Å²) in [5.74, 6) is 0. The van der Waals surface area contributed by atoms with Crippen molar-refractivity contribution in [2.45, 2.75) is 32.7 Å². The van der Waals surface area contributed by atoms with E-state index < -0.39 is 0 Å². The minimum absolute atomic E-state index is 0.0259. The summed E-state index contributed by atoms with van der Waals surface area (Å²) in [6.07, 6.45) is 3.68. The standard InChI is InChI=1S/C12H16N4OS2/c1-2-16-10(17)8-9(13-11(16)18)14-12(19-8)15-6-4-3-5-7-15/h2-7H2,1H3,(H,13,18). The van der Waals surface area contributed by atoms with Crippen LogP contribution in [0.2, 0.25) is 0 Å². The zero-order valence-corrected chi connectivity index (χ0v) is 12.4. The first-order chi connectivity index (χ1) is 9.20. The van der Waals surface area contributed by atoms with E-state index >= 15 is 0 Å². The third-order valence-electron chi connectivity index (χ3n) is 3.47. The number of hydrogen-bond donors (Lipinski definition) is 1. The van der Waals surface area contributed by atoms with Gasteiger partial charge in [-0.3, -0.25) is 9.36 Å². The Balaban J connectivity index is 2.12.